The SMILES string of the molecule is c1ccc2cc(-c3ccc(Nc4ccc(-c5ccc6sc7ccccc7c6c5)cc4)cc3)ccc2c1. The topological polar surface area (TPSA) is 12.0 Å². The maximum atomic E-state index is 3.54. The van der Waals surface area contributed by atoms with Crippen LogP contribution in [0.3, 0.4) is 0 Å². The minimum absolute atomic E-state index is 1.08. The molecule has 0 radical (unpaired) electrons. The molecule has 0 aliphatic rings. The zero-order valence-corrected chi connectivity index (χ0v) is 20.4. The summed E-state index contributed by atoms with van der Waals surface area (Å²) in [4.78, 5) is 0. The van der Waals surface area contributed by atoms with Crippen LogP contribution in [-0.2, 0) is 0 Å². The van der Waals surface area contributed by atoms with E-state index in [4.69, 9.17) is 0 Å². The molecule has 0 saturated heterocycles. The van der Waals surface area contributed by atoms with Crippen LogP contribution in [0.25, 0.3) is 53.2 Å². The molecule has 0 amide bonds. The van der Waals surface area contributed by atoms with Gasteiger partial charge in [0.2, 0.25) is 0 Å². The van der Waals surface area contributed by atoms with E-state index < -0.39 is 0 Å². The minimum atomic E-state index is 1.08. The van der Waals surface area contributed by atoms with Gasteiger partial charge in [0.05, 0.1) is 0 Å². The van der Waals surface area contributed by atoms with Crippen molar-refractivity contribution in [2.75, 3.05) is 5.32 Å². The Morgan fingerprint density at radius 1 is 0.389 bits per heavy atom. The van der Waals surface area contributed by atoms with Gasteiger partial charge in [0.15, 0.2) is 0 Å². The molecular weight excluding hydrogens is 454 g/mol. The maximum Gasteiger partial charge on any atom is 0.0384 e. The van der Waals surface area contributed by atoms with Gasteiger partial charge in [-0.05, 0) is 81.6 Å². The van der Waals surface area contributed by atoms with Gasteiger partial charge < -0.3 is 5.32 Å². The summed E-state index contributed by atoms with van der Waals surface area (Å²) in [5, 5.41) is 8.75. The highest BCUT2D eigenvalue weighted by Crippen LogP contribution is 2.36. The molecule has 0 fully saturated rings. The Morgan fingerprint density at radius 2 is 0.944 bits per heavy atom. The van der Waals surface area contributed by atoms with E-state index in [9.17, 15) is 0 Å². The number of fused-ring (bicyclic) bond motifs is 4. The lowest BCUT2D eigenvalue weighted by Crippen LogP contribution is -1.90. The van der Waals surface area contributed by atoms with Crippen molar-refractivity contribution in [1.29, 1.82) is 0 Å². The summed E-state index contributed by atoms with van der Waals surface area (Å²) in [6.45, 7) is 0. The number of rotatable bonds is 4. The molecule has 0 saturated carbocycles. The Morgan fingerprint density at radius 3 is 1.69 bits per heavy atom. The first-order valence-electron chi connectivity index (χ1n) is 12.2. The van der Waals surface area contributed by atoms with Crippen LogP contribution in [0.15, 0.2) is 133 Å². The van der Waals surface area contributed by atoms with Crippen molar-refractivity contribution >= 4 is 53.7 Å². The number of thiophene rings is 1. The fraction of sp³-hybridized carbons (Fsp3) is 0. The van der Waals surface area contributed by atoms with Gasteiger partial charge in [0.1, 0.15) is 0 Å². The minimum Gasteiger partial charge on any atom is -0.356 e. The van der Waals surface area contributed by atoms with E-state index in [1.54, 1.807) is 0 Å². The highest BCUT2D eigenvalue weighted by molar-refractivity contribution is 7.25. The van der Waals surface area contributed by atoms with Crippen molar-refractivity contribution in [2.24, 2.45) is 0 Å². The highest BCUT2D eigenvalue weighted by Gasteiger charge is 2.07. The van der Waals surface area contributed by atoms with E-state index in [0.717, 1.165) is 11.4 Å². The first-order valence-corrected chi connectivity index (χ1v) is 13.0. The molecule has 0 spiro atoms. The number of hydrogen-bond acceptors (Lipinski definition) is 2. The average Bonchev–Trinajstić information content (AvgIpc) is 3.32. The van der Waals surface area contributed by atoms with Gasteiger partial charge in [-0.15, -0.1) is 11.3 Å². The molecule has 0 atom stereocenters. The lowest BCUT2D eigenvalue weighted by atomic mass is 10.0. The first kappa shape index (κ1) is 20.9. The Labute approximate surface area is 214 Å². The van der Waals surface area contributed by atoms with Crippen LogP contribution in [-0.4, -0.2) is 0 Å². The fourth-order valence-corrected chi connectivity index (χ4v) is 6.02. The van der Waals surface area contributed by atoms with E-state index in [1.165, 1.54) is 53.2 Å². The zero-order chi connectivity index (χ0) is 23.9. The molecule has 1 aromatic heterocycles. The van der Waals surface area contributed by atoms with Crippen LogP contribution >= 0.6 is 11.3 Å². The van der Waals surface area contributed by atoms with Gasteiger partial charge in [-0.1, -0.05) is 84.9 Å². The van der Waals surface area contributed by atoms with Gasteiger partial charge in [-0.2, -0.15) is 0 Å². The summed E-state index contributed by atoms with van der Waals surface area (Å²) in [5.41, 5.74) is 7.09. The Kier molecular flexibility index (Phi) is 5.04. The summed E-state index contributed by atoms with van der Waals surface area (Å²) in [7, 11) is 0. The molecule has 170 valence electrons. The summed E-state index contributed by atoms with van der Waals surface area (Å²) >= 11 is 1.86. The molecule has 0 aliphatic carbocycles. The van der Waals surface area contributed by atoms with Crippen LogP contribution < -0.4 is 5.32 Å². The van der Waals surface area contributed by atoms with E-state index in [2.05, 4.69) is 139 Å². The van der Waals surface area contributed by atoms with Gasteiger partial charge in [-0.25, -0.2) is 0 Å². The fourth-order valence-electron chi connectivity index (χ4n) is 4.93. The standard InChI is InChI=1S/C34H23NS/c1-2-6-26-21-27(10-9-23(26)5-1)24-11-16-29(17-12-24)35-30-18-13-25(14-19-30)28-15-20-34-32(22-28)31-7-3-4-8-33(31)36-34/h1-22,35H. The van der Waals surface area contributed by atoms with E-state index in [0.29, 0.717) is 0 Å². The third-order valence-corrected chi connectivity index (χ3v) is 8.00. The Bertz CT molecular complexity index is 1840. The Balaban J connectivity index is 1.11. The predicted octanol–water partition coefficient (Wildman–Crippen LogP) is 10.3. The van der Waals surface area contributed by atoms with Crippen LogP contribution in [0.5, 0.6) is 0 Å². The van der Waals surface area contributed by atoms with E-state index in [1.807, 2.05) is 11.3 Å². The number of benzene rings is 6. The second-order valence-electron chi connectivity index (χ2n) is 9.15. The van der Waals surface area contributed by atoms with Gasteiger partial charge >= 0.3 is 0 Å². The van der Waals surface area contributed by atoms with Crippen molar-refractivity contribution in [2.45, 2.75) is 0 Å². The van der Waals surface area contributed by atoms with Crippen molar-refractivity contribution < 1.29 is 0 Å². The molecule has 0 bridgehead atoms. The normalized spacial score (nSPS) is 11.3. The third-order valence-electron chi connectivity index (χ3n) is 6.85. The molecule has 0 aliphatic heterocycles. The van der Waals surface area contributed by atoms with Crippen molar-refractivity contribution in [3.63, 3.8) is 0 Å². The predicted molar refractivity (Wildman–Crippen MR) is 157 cm³/mol. The molecule has 2 heteroatoms. The highest BCUT2D eigenvalue weighted by atomic mass is 32.1. The molecule has 6 aromatic carbocycles. The smallest absolute Gasteiger partial charge is 0.0384 e. The number of nitrogens with one attached hydrogen (secondary N) is 1. The Hall–Kier alpha value is -4.40. The van der Waals surface area contributed by atoms with Crippen LogP contribution in [0, 0.1) is 0 Å². The number of anilines is 2. The lowest BCUT2D eigenvalue weighted by Gasteiger charge is -2.10. The molecule has 1 heterocycles. The van der Waals surface area contributed by atoms with Crippen molar-refractivity contribution in [3.05, 3.63) is 133 Å². The molecular formula is C34H23NS. The summed E-state index contributed by atoms with van der Waals surface area (Å²) in [5.74, 6) is 0. The molecule has 1 N–H and O–H groups in total. The molecule has 7 rings (SSSR count). The molecule has 7 aromatic rings. The largest absolute Gasteiger partial charge is 0.356 e. The average molecular weight is 478 g/mol. The van der Waals surface area contributed by atoms with Crippen LogP contribution in [0.4, 0.5) is 11.4 Å². The number of hydrogen-bond donors (Lipinski definition) is 1. The second-order valence-corrected chi connectivity index (χ2v) is 10.2. The molecule has 36 heavy (non-hydrogen) atoms. The monoisotopic (exact) mass is 477 g/mol. The quantitative estimate of drug-likeness (QED) is 0.266. The van der Waals surface area contributed by atoms with Crippen LogP contribution in [0.1, 0.15) is 0 Å². The van der Waals surface area contributed by atoms with Crippen LogP contribution in [0.2, 0.25) is 0 Å². The van der Waals surface area contributed by atoms with Crippen molar-refractivity contribution in [1.82, 2.24) is 0 Å². The van der Waals surface area contributed by atoms with Gasteiger partial charge in [0, 0.05) is 31.5 Å². The van der Waals surface area contributed by atoms with E-state index in [-0.39, 0.29) is 0 Å². The zero-order valence-electron chi connectivity index (χ0n) is 19.6. The third kappa shape index (κ3) is 3.82. The first-order chi connectivity index (χ1) is 17.8. The molecule has 1 nitrogen and oxygen atoms in total. The maximum absolute atomic E-state index is 3.54. The van der Waals surface area contributed by atoms with Crippen molar-refractivity contribution in [3.8, 4) is 22.3 Å². The summed E-state index contributed by atoms with van der Waals surface area (Å²) < 4.78 is 2.68. The van der Waals surface area contributed by atoms with Gasteiger partial charge in [-0.3, -0.25) is 0 Å². The summed E-state index contributed by atoms with van der Waals surface area (Å²) in [6.07, 6.45) is 0. The van der Waals surface area contributed by atoms with E-state index >= 15 is 0 Å². The molecule has 0 unspecified atom stereocenters. The van der Waals surface area contributed by atoms with Gasteiger partial charge in [0.25, 0.3) is 0 Å². The summed E-state index contributed by atoms with van der Waals surface area (Å²) in [6, 6.07) is 47.9. The second kappa shape index (κ2) is 8.67. The lowest BCUT2D eigenvalue weighted by molar-refractivity contribution is 1.54.